The van der Waals surface area contributed by atoms with Crippen LogP contribution in [0.1, 0.15) is 40.0 Å². The van der Waals surface area contributed by atoms with Gasteiger partial charge in [0.25, 0.3) is 0 Å². The summed E-state index contributed by atoms with van der Waals surface area (Å²) in [6, 6.07) is 0. The number of hydrogen-bond acceptors (Lipinski definition) is 5. The third-order valence-corrected chi connectivity index (χ3v) is 7.59. The van der Waals surface area contributed by atoms with Gasteiger partial charge in [0.15, 0.2) is 0 Å². The molecule has 29 heavy (non-hydrogen) atoms. The van der Waals surface area contributed by atoms with Gasteiger partial charge < -0.3 is 19.3 Å². The Balaban J connectivity index is 1.51. The number of carboxylic acid groups (broad SMARTS) is 1. The molecule has 0 amide bonds. The summed E-state index contributed by atoms with van der Waals surface area (Å²) in [5.41, 5.74) is 0.525. The fraction of sp³-hybridized carbons (Fsp3) is 0.565. The van der Waals surface area contributed by atoms with Crippen molar-refractivity contribution in [1.29, 1.82) is 0 Å². The van der Waals surface area contributed by atoms with E-state index in [4.69, 9.17) is 19.3 Å². The largest absolute Gasteiger partial charge is 0.478 e. The van der Waals surface area contributed by atoms with Crippen LogP contribution in [-0.2, 0) is 23.8 Å². The molecular weight excluding hydrogens is 372 g/mol. The van der Waals surface area contributed by atoms with Crippen LogP contribution in [0.3, 0.4) is 0 Å². The molecule has 4 rings (SSSR count). The lowest BCUT2D eigenvalue weighted by Gasteiger charge is -2.57. The predicted octanol–water partition coefficient (Wildman–Crippen LogP) is 3.34. The highest BCUT2D eigenvalue weighted by Gasteiger charge is 2.81. The number of carboxylic acids is 1. The molecule has 6 nitrogen and oxygen atoms in total. The molecular formula is C23H28O6. The molecule has 3 fully saturated rings. The summed E-state index contributed by atoms with van der Waals surface area (Å²) in [4.78, 5) is 22.9. The fourth-order valence-electron chi connectivity index (χ4n) is 5.60. The normalized spacial score (nSPS) is 43.1. The van der Waals surface area contributed by atoms with E-state index in [9.17, 15) is 9.59 Å². The first-order chi connectivity index (χ1) is 13.7. The van der Waals surface area contributed by atoms with Crippen LogP contribution in [0.5, 0.6) is 0 Å². The van der Waals surface area contributed by atoms with Crippen molar-refractivity contribution in [3.05, 3.63) is 48.1 Å². The van der Waals surface area contributed by atoms with Gasteiger partial charge in [-0.2, -0.15) is 0 Å². The molecule has 0 radical (unpaired) electrons. The first-order valence-electron chi connectivity index (χ1n) is 10.1. The van der Waals surface area contributed by atoms with Crippen molar-refractivity contribution in [2.24, 2.45) is 10.8 Å². The Bertz CT molecular complexity index is 832. The highest BCUT2D eigenvalue weighted by atomic mass is 16.6. The van der Waals surface area contributed by atoms with E-state index in [1.807, 2.05) is 0 Å². The molecule has 4 aliphatic rings. The molecule has 6 heteroatoms. The molecule has 2 aliphatic carbocycles. The van der Waals surface area contributed by atoms with E-state index in [0.717, 1.165) is 18.9 Å². The molecule has 0 aromatic heterocycles. The number of aliphatic carboxylic acids is 1. The minimum Gasteiger partial charge on any atom is -0.478 e. The maximum Gasteiger partial charge on any atom is 0.331 e. The Morgan fingerprint density at radius 3 is 2.55 bits per heavy atom. The van der Waals surface area contributed by atoms with Crippen LogP contribution in [0.25, 0.3) is 0 Å². The summed E-state index contributed by atoms with van der Waals surface area (Å²) in [6.07, 6.45) is 13.0. The Morgan fingerprint density at radius 2 is 1.90 bits per heavy atom. The Labute approximate surface area is 170 Å². The van der Waals surface area contributed by atoms with E-state index >= 15 is 0 Å². The molecule has 2 unspecified atom stereocenters. The minimum atomic E-state index is -1.02. The van der Waals surface area contributed by atoms with Gasteiger partial charge in [-0.05, 0) is 19.8 Å². The molecule has 1 spiro atoms. The van der Waals surface area contributed by atoms with Crippen LogP contribution >= 0.6 is 0 Å². The molecule has 1 saturated carbocycles. The van der Waals surface area contributed by atoms with Crippen LogP contribution < -0.4 is 0 Å². The van der Waals surface area contributed by atoms with E-state index in [1.54, 1.807) is 18.2 Å². The molecule has 2 heterocycles. The Morgan fingerprint density at radius 1 is 1.21 bits per heavy atom. The van der Waals surface area contributed by atoms with Crippen LogP contribution in [0.15, 0.2) is 48.1 Å². The number of allylic oxidation sites excluding steroid dienone is 5. The van der Waals surface area contributed by atoms with Gasteiger partial charge in [0.05, 0.1) is 18.8 Å². The number of ether oxygens (including phenoxy) is 3. The van der Waals surface area contributed by atoms with Crippen molar-refractivity contribution >= 4 is 11.9 Å². The fourth-order valence-corrected chi connectivity index (χ4v) is 5.60. The van der Waals surface area contributed by atoms with E-state index in [-0.39, 0.29) is 34.7 Å². The van der Waals surface area contributed by atoms with Crippen molar-refractivity contribution < 1.29 is 28.9 Å². The van der Waals surface area contributed by atoms with Crippen molar-refractivity contribution in [1.82, 2.24) is 0 Å². The number of carbonyl (C=O) groups excluding carboxylic acids is 1. The van der Waals surface area contributed by atoms with Gasteiger partial charge in [-0.15, -0.1) is 0 Å². The maximum absolute atomic E-state index is 12.5. The average molecular weight is 400 g/mol. The Kier molecular flexibility index (Phi) is 4.82. The maximum atomic E-state index is 12.5. The number of epoxide rings is 1. The highest BCUT2D eigenvalue weighted by molar-refractivity contribution is 5.82. The summed E-state index contributed by atoms with van der Waals surface area (Å²) >= 11 is 0. The zero-order chi connectivity index (χ0) is 20.9. The average Bonchev–Trinajstić information content (AvgIpc) is 3.43. The second kappa shape index (κ2) is 6.96. The van der Waals surface area contributed by atoms with Gasteiger partial charge in [0, 0.05) is 29.4 Å². The lowest BCUT2D eigenvalue weighted by Crippen LogP contribution is -2.63. The number of fused-ring (bicyclic) bond motifs is 2. The molecule has 2 bridgehead atoms. The van der Waals surface area contributed by atoms with Crippen molar-refractivity contribution in [3.63, 3.8) is 0 Å². The SMILES string of the molecule is CC1=C[C@H]2O[C@@H]3C[C@@H](OC(=O)C=CC=CC=CC(=O)O)C(C)(C34CO4)[C@@]2(C)CC1. The van der Waals surface area contributed by atoms with Crippen molar-refractivity contribution in [2.75, 3.05) is 6.61 Å². The molecule has 6 atom stereocenters. The van der Waals surface area contributed by atoms with Gasteiger partial charge in [0.2, 0.25) is 0 Å². The first kappa shape index (κ1) is 20.1. The first-order valence-corrected chi connectivity index (χ1v) is 10.1. The molecule has 0 aromatic carbocycles. The van der Waals surface area contributed by atoms with Gasteiger partial charge in [-0.3, -0.25) is 0 Å². The standard InChI is InChI=1S/C23H28O6/c1-15-10-11-21(2)16(12-15)28-18-13-17(22(21,3)23(18)14-27-23)29-20(26)9-7-5-4-6-8-19(24)25/h4-9,12,16-18H,10-11,13-14H2,1-3H3,(H,24,25)/t16-,17-,18-,21+,22?,23?/m1/s1. The molecule has 0 aromatic rings. The lowest BCUT2D eigenvalue weighted by atomic mass is 9.52. The van der Waals surface area contributed by atoms with Gasteiger partial charge >= 0.3 is 11.9 Å². The zero-order valence-electron chi connectivity index (χ0n) is 17.1. The monoisotopic (exact) mass is 400 g/mol. The number of hydrogen-bond donors (Lipinski definition) is 1. The summed E-state index contributed by atoms with van der Waals surface area (Å²) in [5, 5.41) is 8.54. The molecule has 156 valence electrons. The van der Waals surface area contributed by atoms with Gasteiger partial charge in [-0.1, -0.05) is 49.8 Å². The third-order valence-electron chi connectivity index (χ3n) is 7.59. The zero-order valence-corrected chi connectivity index (χ0v) is 17.1. The highest BCUT2D eigenvalue weighted by Crippen LogP contribution is 2.71. The predicted molar refractivity (Wildman–Crippen MR) is 106 cm³/mol. The topological polar surface area (TPSA) is 85.4 Å². The van der Waals surface area contributed by atoms with Crippen molar-refractivity contribution in [3.8, 4) is 0 Å². The summed E-state index contributed by atoms with van der Waals surface area (Å²) in [7, 11) is 0. The number of carbonyl (C=O) groups is 2. The van der Waals surface area contributed by atoms with E-state index < -0.39 is 11.9 Å². The molecule has 1 N–H and O–H groups in total. The Hall–Kier alpha value is -2.18. The van der Waals surface area contributed by atoms with Crippen LogP contribution in [0.4, 0.5) is 0 Å². The number of rotatable bonds is 5. The minimum absolute atomic E-state index is 0.0178. The molecule has 2 aliphatic heterocycles. The summed E-state index contributed by atoms with van der Waals surface area (Å²) in [6.45, 7) is 7.26. The summed E-state index contributed by atoms with van der Waals surface area (Å²) in [5.74, 6) is -1.43. The van der Waals surface area contributed by atoms with E-state index in [0.29, 0.717) is 13.0 Å². The lowest BCUT2D eigenvalue weighted by molar-refractivity contribution is -0.209. The smallest absolute Gasteiger partial charge is 0.331 e. The van der Waals surface area contributed by atoms with E-state index in [1.165, 1.54) is 17.7 Å². The van der Waals surface area contributed by atoms with Crippen LogP contribution in [0.2, 0.25) is 0 Å². The van der Waals surface area contributed by atoms with Crippen molar-refractivity contribution in [2.45, 2.75) is 63.9 Å². The quantitative estimate of drug-likeness (QED) is 0.250. The second-order valence-corrected chi connectivity index (χ2v) is 8.96. The van der Waals surface area contributed by atoms with E-state index in [2.05, 4.69) is 26.8 Å². The third kappa shape index (κ3) is 3.01. The van der Waals surface area contributed by atoms with Gasteiger partial charge in [0.1, 0.15) is 11.7 Å². The second-order valence-electron chi connectivity index (χ2n) is 8.96. The van der Waals surface area contributed by atoms with Crippen LogP contribution in [-0.4, -0.2) is 47.6 Å². The van der Waals surface area contributed by atoms with Gasteiger partial charge in [-0.25, -0.2) is 9.59 Å². The molecule has 2 saturated heterocycles. The number of esters is 1. The summed E-state index contributed by atoms with van der Waals surface area (Å²) < 4.78 is 18.4. The van der Waals surface area contributed by atoms with Crippen LogP contribution in [0, 0.1) is 10.8 Å².